The van der Waals surface area contributed by atoms with Crippen LogP contribution in [0.15, 0.2) is 0 Å². The van der Waals surface area contributed by atoms with Gasteiger partial charge in [-0.25, -0.2) is 4.79 Å². The number of rotatable bonds is 2. The molecule has 1 aliphatic heterocycles. The van der Waals surface area contributed by atoms with Gasteiger partial charge in [0, 0.05) is 0 Å². The lowest BCUT2D eigenvalue weighted by atomic mass is 9.91. The molecule has 0 spiro atoms. The van der Waals surface area contributed by atoms with Crippen LogP contribution in [0.25, 0.3) is 0 Å². The fraction of sp³-hybridized carbons (Fsp3) is 0.750. The molecule has 0 saturated carbocycles. The van der Waals surface area contributed by atoms with E-state index >= 15 is 0 Å². The zero-order valence-electron chi connectivity index (χ0n) is 7.98. The highest BCUT2D eigenvalue weighted by Gasteiger charge is 2.56. The molecule has 0 aromatic heterocycles. The predicted octanol–water partition coefficient (Wildman–Crippen LogP) is -1.98. The third-order valence-corrected chi connectivity index (χ3v) is 2.54. The van der Waals surface area contributed by atoms with Crippen LogP contribution in [0, 0.1) is 5.92 Å². The number of carbonyl (C=O) groups excluding carboxylic acids is 2. The predicted molar refractivity (Wildman–Crippen MR) is 45.1 cm³/mol. The molecule has 6 heteroatoms. The minimum absolute atomic E-state index is 0.475. The van der Waals surface area contributed by atoms with Gasteiger partial charge in [0.25, 0.3) is 0 Å². The molecule has 1 heterocycles. The first-order valence-corrected chi connectivity index (χ1v) is 4.19. The van der Waals surface area contributed by atoms with Gasteiger partial charge in [-0.2, -0.15) is 0 Å². The van der Waals surface area contributed by atoms with Crippen molar-refractivity contribution in [2.24, 2.45) is 5.92 Å². The molecule has 14 heavy (non-hydrogen) atoms. The maximum atomic E-state index is 11.3. The fourth-order valence-electron chi connectivity index (χ4n) is 1.53. The van der Waals surface area contributed by atoms with Crippen LogP contribution < -0.4 is 5.32 Å². The summed E-state index contributed by atoms with van der Waals surface area (Å²) in [4.78, 5) is 22.5. The Bertz CT molecular complexity index is 266. The van der Waals surface area contributed by atoms with Crippen LogP contribution in [0.4, 0.5) is 0 Å². The van der Waals surface area contributed by atoms with Crippen molar-refractivity contribution in [3.8, 4) is 0 Å². The molecule has 6 nitrogen and oxygen atoms in total. The molecule has 3 N–H and O–H groups in total. The van der Waals surface area contributed by atoms with Gasteiger partial charge in [0.05, 0.1) is 19.6 Å². The lowest BCUT2D eigenvalue weighted by Crippen LogP contribution is -2.59. The average Bonchev–Trinajstić information content (AvgIpc) is 2.42. The average molecular weight is 203 g/mol. The quantitative estimate of drug-likeness (QED) is 0.452. The van der Waals surface area contributed by atoms with Crippen LogP contribution in [0.3, 0.4) is 0 Å². The summed E-state index contributed by atoms with van der Waals surface area (Å²) >= 11 is 0. The lowest BCUT2D eigenvalue weighted by molar-refractivity contribution is -0.155. The number of esters is 1. The minimum Gasteiger partial charge on any atom is -0.467 e. The number of aliphatic hydroxyl groups is 2. The smallest absolute Gasteiger partial charge is 0.336 e. The molecule has 0 aromatic carbocycles. The van der Waals surface area contributed by atoms with E-state index in [1.807, 2.05) is 0 Å². The summed E-state index contributed by atoms with van der Waals surface area (Å²) < 4.78 is 4.42. The number of ether oxygens (including phenoxy) is 1. The summed E-state index contributed by atoms with van der Waals surface area (Å²) in [5.41, 5.74) is -1.70. The molecule has 0 aliphatic carbocycles. The van der Waals surface area contributed by atoms with Gasteiger partial charge in [-0.05, 0) is 0 Å². The number of hydrogen-bond donors (Lipinski definition) is 3. The minimum atomic E-state index is -1.70. The normalized spacial score (nSPS) is 36.7. The van der Waals surface area contributed by atoms with E-state index in [0.717, 1.165) is 7.11 Å². The molecule has 80 valence electrons. The maximum Gasteiger partial charge on any atom is 0.336 e. The van der Waals surface area contributed by atoms with Crippen LogP contribution in [0.2, 0.25) is 0 Å². The lowest BCUT2D eigenvalue weighted by Gasteiger charge is -2.27. The summed E-state index contributed by atoms with van der Waals surface area (Å²) in [6.45, 7) is 0.789. The van der Waals surface area contributed by atoms with Crippen molar-refractivity contribution >= 4 is 11.9 Å². The van der Waals surface area contributed by atoms with Crippen molar-refractivity contribution in [3.63, 3.8) is 0 Å². The Labute approximate surface area is 80.9 Å². The zero-order chi connectivity index (χ0) is 10.9. The van der Waals surface area contributed by atoms with Crippen molar-refractivity contribution in [1.82, 2.24) is 5.32 Å². The number of nitrogens with one attached hydrogen (secondary N) is 1. The van der Waals surface area contributed by atoms with E-state index in [0.29, 0.717) is 0 Å². The van der Waals surface area contributed by atoms with Gasteiger partial charge in [0.2, 0.25) is 5.91 Å². The number of aliphatic hydroxyl groups excluding tert-OH is 2. The molecule has 0 bridgehead atoms. The molecule has 0 aromatic rings. The van der Waals surface area contributed by atoms with Crippen molar-refractivity contribution < 1.29 is 24.5 Å². The highest BCUT2D eigenvalue weighted by Crippen LogP contribution is 2.26. The fourth-order valence-corrected chi connectivity index (χ4v) is 1.53. The molecule has 0 radical (unpaired) electrons. The van der Waals surface area contributed by atoms with E-state index in [2.05, 4.69) is 10.1 Å². The number of amides is 1. The van der Waals surface area contributed by atoms with E-state index in [9.17, 15) is 14.7 Å². The highest BCUT2D eigenvalue weighted by molar-refractivity contribution is 5.94. The maximum absolute atomic E-state index is 11.3. The first-order chi connectivity index (χ1) is 6.49. The Balaban J connectivity index is 3.02. The van der Waals surface area contributed by atoms with E-state index in [-0.39, 0.29) is 0 Å². The molecule has 1 rings (SSSR count). The molecule has 1 fully saturated rings. The van der Waals surface area contributed by atoms with Crippen LogP contribution in [0.1, 0.15) is 6.92 Å². The van der Waals surface area contributed by atoms with Crippen molar-refractivity contribution in [2.75, 3.05) is 13.7 Å². The topological polar surface area (TPSA) is 95.9 Å². The van der Waals surface area contributed by atoms with Crippen molar-refractivity contribution in [3.05, 3.63) is 0 Å². The Morgan fingerprint density at radius 3 is 2.57 bits per heavy atom. The highest BCUT2D eigenvalue weighted by atomic mass is 16.5. The van der Waals surface area contributed by atoms with Gasteiger partial charge in [-0.15, -0.1) is 0 Å². The van der Waals surface area contributed by atoms with Gasteiger partial charge < -0.3 is 20.3 Å². The second kappa shape index (κ2) is 3.55. The Morgan fingerprint density at radius 2 is 2.29 bits per heavy atom. The molecule has 1 saturated heterocycles. The molecule has 3 atom stereocenters. The number of carbonyl (C=O) groups is 2. The first kappa shape index (κ1) is 10.9. The SMILES string of the molecule is COC(=O)[C@]1(CO)NC(=O)C(C)[C@@H]1O. The summed E-state index contributed by atoms with van der Waals surface area (Å²) in [6, 6.07) is 0. The zero-order valence-corrected chi connectivity index (χ0v) is 7.98. The van der Waals surface area contributed by atoms with Gasteiger partial charge in [0.1, 0.15) is 6.10 Å². The summed E-state index contributed by atoms with van der Waals surface area (Å²) in [5, 5.41) is 20.9. The van der Waals surface area contributed by atoms with E-state index in [4.69, 9.17) is 5.11 Å². The Morgan fingerprint density at radius 1 is 1.71 bits per heavy atom. The van der Waals surface area contributed by atoms with Crippen LogP contribution >= 0.6 is 0 Å². The monoisotopic (exact) mass is 203 g/mol. The summed E-state index contributed by atoms with van der Waals surface area (Å²) in [7, 11) is 1.13. The van der Waals surface area contributed by atoms with Gasteiger partial charge in [0.15, 0.2) is 5.54 Å². The first-order valence-electron chi connectivity index (χ1n) is 4.19. The van der Waals surface area contributed by atoms with E-state index in [1.54, 1.807) is 0 Å². The third-order valence-electron chi connectivity index (χ3n) is 2.54. The molecular weight excluding hydrogens is 190 g/mol. The summed E-state index contributed by atoms with van der Waals surface area (Å²) in [6.07, 6.45) is -1.27. The van der Waals surface area contributed by atoms with Crippen molar-refractivity contribution in [2.45, 2.75) is 18.6 Å². The summed E-state index contributed by atoms with van der Waals surface area (Å²) in [5.74, 6) is -2.05. The van der Waals surface area contributed by atoms with Crippen LogP contribution in [-0.4, -0.2) is 47.4 Å². The van der Waals surface area contributed by atoms with Crippen LogP contribution in [0.5, 0.6) is 0 Å². The Kier molecular flexibility index (Phi) is 2.77. The van der Waals surface area contributed by atoms with Gasteiger partial charge in [-0.3, -0.25) is 4.79 Å². The molecular formula is C8H13NO5. The molecule has 1 unspecified atom stereocenters. The number of methoxy groups -OCH3 is 1. The Hall–Kier alpha value is -1.14. The standard InChI is InChI=1S/C8H13NO5/c1-4-5(11)8(3-10,7(13)14-2)9-6(4)12/h4-5,10-11H,3H2,1-2H3,(H,9,12)/t4?,5-,8+/m0/s1. The third kappa shape index (κ3) is 1.27. The van der Waals surface area contributed by atoms with Crippen molar-refractivity contribution in [1.29, 1.82) is 0 Å². The van der Waals surface area contributed by atoms with E-state index < -0.39 is 36.0 Å². The van der Waals surface area contributed by atoms with Gasteiger partial charge in [-0.1, -0.05) is 6.92 Å². The van der Waals surface area contributed by atoms with Crippen LogP contribution in [-0.2, 0) is 14.3 Å². The van der Waals surface area contributed by atoms with E-state index in [1.165, 1.54) is 6.92 Å². The molecule has 1 amide bonds. The number of hydrogen-bond acceptors (Lipinski definition) is 5. The molecule has 1 aliphatic rings. The second-order valence-electron chi connectivity index (χ2n) is 3.34. The largest absolute Gasteiger partial charge is 0.467 e. The van der Waals surface area contributed by atoms with Gasteiger partial charge >= 0.3 is 5.97 Å². The second-order valence-corrected chi connectivity index (χ2v) is 3.34.